The summed E-state index contributed by atoms with van der Waals surface area (Å²) >= 11 is 0. The van der Waals surface area contributed by atoms with Gasteiger partial charge in [-0.05, 0) is 31.7 Å². The molecule has 3 rings (SSSR count). The molecule has 9 nitrogen and oxygen atoms in total. The Labute approximate surface area is 145 Å². The highest BCUT2D eigenvalue weighted by atomic mass is 32.2. The lowest BCUT2D eigenvalue weighted by Crippen LogP contribution is -2.45. The summed E-state index contributed by atoms with van der Waals surface area (Å²) in [7, 11) is -4.04. The van der Waals surface area contributed by atoms with E-state index in [2.05, 4.69) is 5.32 Å². The van der Waals surface area contributed by atoms with Crippen molar-refractivity contribution in [2.75, 3.05) is 18.0 Å². The Bertz CT molecular complexity index is 798. The first kappa shape index (κ1) is 17.6. The second kappa shape index (κ2) is 6.60. The predicted molar refractivity (Wildman–Crippen MR) is 90.6 cm³/mol. The molecule has 0 unspecified atom stereocenters. The topological polar surface area (TPSA) is 136 Å². The third kappa shape index (κ3) is 4.26. The Morgan fingerprint density at radius 1 is 1.20 bits per heavy atom. The number of nitrogens with zero attached hydrogens (tertiary/aromatic N) is 2. The number of nitrogens with one attached hydrogen (secondary N) is 1. The maximum atomic E-state index is 11.8. The summed E-state index contributed by atoms with van der Waals surface area (Å²) in [4.78, 5) is 23.8. The van der Waals surface area contributed by atoms with Crippen LogP contribution >= 0.6 is 0 Å². The zero-order valence-corrected chi connectivity index (χ0v) is 14.4. The molecule has 1 aromatic rings. The minimum atomic E-state index is -4.04. The van der Waals surface area contributed by atoms with E-state index in [0.29, 0.717) is 31.6 Å². The number of benzene rings is 1. The van der Waals surface area contributed by atoms with Crippen molar-refractivity contribution in [3.63, 3.8) is 0 Å². The van der Waals surface area contributed by atoms with Crippen LogP contribution in [0.5, 0.6) is 0 Å². The van der Waals surface area contributed by atoms with Gasteiger partial charge < -0.3 is 10.2 Å². The van der Waals surface area contributed by atoms with Gasteiger partial charge in [-0.2, -0.15) is 0 Å². The van der Waals surface area contributed by atoms with Crippen molar-refractivity contribution in [2.24, 2.45) is 11.1 Å². The van der Waals surface area contributed by atoms with Crippen molar-refractivity contribution in [1.29, 1.82) is 0 Å². The van der Waals surface area contributed by atoms with Crippen LogP contribution in [0.2, 0.25) is 0 Å². The summed E-state index contributed by atoms with van der Waals surface area (Å²) in [5, 5.41) is 19.2. The molecule has 0 atom stereocenters. The Hall–Kier alpha value is -2.20. The first-order valence-electron chi connectivity index (χ1n) is 8.11. The fourth-order valence-corrected chi connectivity index (χ4v) is 3.54. The van der Waals surface area contributed by atoms with Gasteiger partial charge in [0, 0.05) is 42.9 Å². The van der Waals surface area contributed by atoms with Gasteiger partial charge in [0.25, 0.3) is 5.69 Å². The molecule has 1 saturated heterocycles. The van der Waals surface area contributed by atoms with Crippen molar-refractivity contribution < 1.29 is 18.1 Å². The number of sulfonamides is 1. The number of nitro benzene ring substituents is 1. The molecule has 1 saturated carbocycles. The van der Waals surface area contributed by atoms with Crippen LogP contribution in [0, 0.1) is 16.0 Å². The van der Waals surface area contributed by atoms with Gasteiger partial charge in [0.15, 0.2) is 0 Å². The van der Waals surface area contributed by atoms with E-state index in [4.69, 9.17) is 5.14 Å². The van der Waals surface area contributed by atoms with Crippen molar-refractivity contribution in [1.82, 2.24) is 5.32 Å². The molecule has 1 aliphatic carbocycles. The third-order valence-corrected chi connectivity index (χ3v) is 5.46. The fourth-order valence-electron chi connectivity index (χ4n) is 2.97. The molecule has 0 radical (unpaired) electrons. The maximum Gasteiger partial charge on any atom is 0.272 e. The van der Waals surface area contributed by atoms with Gasteiger partial charge in [0.2, 0.25) is 15.9 Å². The standard InChI is InChI=1S/C15H20N4O5S/c16-25(23,24)14-8-12(7-13(9-14)19(21)22)18-5-3-11(4-6-18)17-15(20)10-1-2-10/h7-11H,1-6H2,(H,17,20)(H2,16,23,24). The summed E-state index contributed by atoms with van der Waals surface area (Å²) in [6.07, 6.45) is 3.31. The zero-order valence-electron chi connectivity index (χ0n) is 13.6. The SMILES string of the molecule is NS(=O)(=O)c1cc(N2CCC(NC(=O)C3CC3)CC2)cc([N+](=O)[O-])c1. The maximum absolute atomic E-state index is 11.8. The number of hydrogen-bond donors (Lipinski definition) is 2. The average molecular weight is 368 g/mol. The van der Waals surface area contributed by atoms with E-state index in [9.17, 15) is 23.3 Å². The molecule has 0 spiro atoms. The van der Waals surface area contributed by atoms with E-state index >= 15 is 0 Å². The van der Waals surface area contributed by atoms with Crippen molar-refractivity contribution >= 4 is 27.3 Å². The van der Waals surface area contributed by atoms with E-state index in [-0.39, 0.29) is 28.4 Å². The van der Waals surface area contributed by atoms with Crippen molar-refractivity contribution in [3.05, 3.63) is 28.3 Å². The van der Waals surface area contributed by atoms with Crippen LogP contribution < -0.4 is 15.4 Å². The van der Waals surface area contributed by atoms with Gasteiger partial charge in [-0.25, -0.2) is 13.6 Å². The molecule has 1 aromatic carbocycles. The summed E-state index contributed by atoms with van der Waals surface area (Å²) in [5.41, 5.74) is 0.135. The number of rotatable bonds is 5. The molecule has 2 aliphatic rings. The molecule has 1 heterocycles. The van der Waals surface area contributed by atoms with E-state index in [1.54, 1.807) is 0 Å². The van der Waals surface area contributed by atoms with Gasteiger partial charge in [0.1, 0.15) is 0 Å². The number of primary sulfonamides is 1. The quantitative estimate of drug-likeness (QED) is 0.581. The van der Waals surface area contributed by atoms with Crippen LogP contribution in [0.25, 0.3) is 0 Å². The molecule has 0 aromatic heterocycles. The normalized spacial score (nSPS) is 18.8. The lowest BCUT2D eigenvalue weighted by atomic mass is 10.0. The van der Waals surface area contributed by atoms with Crippen LogP contribution in [0.1, 0.15) is 25.7 Å². The number of non-ortho nitro benzene ring substituents is 1. The van der Waals surface area contributed by atoms with Crippen LogP contribution in [0.3, 0.4) is 0 Å². The highest BCUT2D eigenvalue weighted by Gasteiger charge is 2.32. The Balaban J connectivity index is 1.72. The van der Waals surface area contributed by atoms with Gasteiger partial charge in [-0.15, -0.1) is 0 Å². The molecule has 0 bridgehead atoms. The largest absolute Gasteiger partial charge is 0.371 e. The molecular weight excluding hydrogens is 348 g/mol. The summed E-state index contributed by atoms with van der Waals surface area (Å²) in [5.74, 6) is 0.262. The van der Waals surface area contributed by atoms with Gasteiger partial charge >= 0.3 is 0 Å². The average Bonchev–Trinajstić information content (AvgIpc) is 3.39. The van der Waals surface area contributed by atoms with Crippen LogP contribution in [-0.4, -0.2) is 38.4 Å². The molecule has 1 amide bonds. The highest BCUT2D eigenvalue weighted by molar-refractivity contribution is 7.89. The van der Waals surface area contributed by atoms with E-state index in [0.717, 1.165) is 18.9 Å². The molecule has 136 valence electrons. The van der Waals surface area contributed by atoms with Gasteiger partial charge in [-0.1, -0.05) is 0 Å². The number of nitrogens with two attached hydrogens (primary N) is 1. The number of piperidine rings is 1. The van der Waals surface area contributed by atoms with Gasteiger partial charge in [0.05, 0.1) is 9.82 Å². The second-order valence-electron chi connectivity index (χ2n) is 6.53. The number of hydrogen-bond acceptors (Lipinski definition) is 6. The number of amides is 1. The number of nitro groups is 1. The van der Waals surface area contributed by atoms with E-state index in [1.807, 2.05) is 4.90 Å². The van der Waals surface area contributed by atoms with Crippen molar-refractivity contribution in [3.8, 4) is 0 Å². The minimum Gasteiger partial charge on any atom is -0.371 e. The lowest BCUT2D eigenvalue weighted by molar-refractivity contribution is -0.385. The van der Waals surface area contributed by atoms with E-state index < -0.39 is 14.9 Å². The molecule has 3 N–H and O–H groups in total. The first-order chi connectivity index (χ1) is 11.7. The molecule has 10 heteroatoms. The monoisotopic (exact) mass is 368 g/mol. The number of carbonyl (C=O) groups excluding carboxylic acids is 1. The van der Waals surface area contributed by atoms with Crippen LogP contribution in [0.4, 0.5) is 11.4 Å². The predicted octanol–water partition coefficient (Wildman–Crippen LogP) is 0.737. The zero-order chi connectivity index (χ0) is 18.2. The summed E-state index contributed by atoms with van der Waals surface area (Å²) in [6.45, 7) is 1.14. The van der Waals surface area contributed by atoms with Gasteiger partial charge in [-0.3, -0.25) is 14.9 Å². The lowest BCUT2D eigenvalue weighted by Gasteiger charge is -2.34. The number of carbonyl (C=O) groups is 1. The molecule has 1 aliphatic heterocycles. The Kier molecular flexibility index (Phi) is 4.65. The summed E-state index contributed by atoms with van der Waals surface area (Å²) in [6, 6.07) is 3.74. The third-order valence-electron chi connectivity index (χ3n) is 4.57. The van der Waals surface area contributed by atoms with Crippen LogP contribution in [-0.2, 0) is 14.8 Å². The summed E-state index contributed by atoms with van der Waals surface area (Å²) < 4.78 is 23.1. The second-order valence-corrected chi connectivity index (χ2v) is 8.09. The minimum absolute atomic E-state index is 0.0840. The smallest absolute Gasteiger partial charge is 0.272 e. The molecule has 25 heavy (non-hydrogen) atoms. The number of anilines is 1. The van der Waals surface area contributed by atoms with E-state index in [1.165, 1.54) is 12.1 Å². The Morgan fingerprint density at radius 2 is 1.84 bits per heavy atom. The molecular formula is C15H20N4O5S. The fraction of sp³-hybridized carbons (Fsp3) is 0.533. The van der Waals surface area contributed by atoms with Crippen molar-refractivity contribution in [2.45, 2.75) is 36.6 Å². The van der Waals surface area contributed by atoms with Crippen LogP contribution in [0.15, 0.2) is 23.1 Å². The molecule has 2 fully saturated rings. The Morgan fingerprint density at radius 3 is 2.36 bits per heavy atom. The highest BCUT2D eigenvalue weighted by Crippen LogP contribution is 2.30. The first-order valence-corrected chi connectivity index (χ1v) is 9.66.